The lowest BCUT2D eigenvalue weighted by Crippen LogP contribution is -2.20. The monoisotopic (exact) mass is 138 g/mol. The van der Waals surface area contributed by atoms with Crippen LogP contribution < -0.4 is 11.3 Å². The van der Waals surface area contributed by atoms with E-state index < -0.39 is 0 Å². The van der Waals surface area contributed by atoms with Gasteiger partial charge in [-0.2, -0.15) is 0 Å². The van der Waals surface area contributed by atoms with Crippen molar-refractivity contribution in [2.24, 2.45) is 5.84 Å². The average Bonchev–Trinajstić information content (AvgIpc) is 1.88. The standard InChI is InChI=1S/C8H14N2/c1-4-5-7(2)6-8(3)10-9/h4-5,10H,2-3,6,9H2,1H3/b5-4-. The van der Waals surface area contributed by atoms with E-state index in [0.29, 0.717) is 6.42 Å². The molecule has 3 N–H and O–H groups in total. The van der Waals surface area contributed by atoms with Crippen LogP contribution >= 0.6 is 0 Å². The number of hydrogen-bond acceptors (Lipinski definition) is 2. The van der Waals surface area contributed by atoms with Gasteiger partial charge in [-0.25, -0.2) is 0 Å². The highest BCUT2D eigenvalue weighted by Crippen LogP contribution is 2.04. The molecule has 0 aromatic heterocycles. The summed E-state index contributed by atoms with van der Waals surface area (Å²) in [6.45, 7) is 9.40. The summed E-state index contributed by atoms with van der Waals surface area (Å²) in [5, 5.41) is 0. The molecule has 0 atom stereocenters. The van der Waals surface area contributed by atoms with Gasteiger partial charge < -0.3 is 5.43 Å². The molecule has 10 heavy (non-hydrogen) atoms. The first kappa shape index (κ1) is 8.98. The van der Waals surface area contributed by atoms with Gasteiger partial charge in [-0.15, -0.1) is 0 Å². The molecule has 0 aliphatic heterocycles. The van der Waals surface area contributed by atoms with Crippen molar-refractivity contribution in [2.75, 3.05) is 0 Å². The molecule has 0 aliphatic rings. The fourth-order valence-corrected chi connectivity index (χ4v) is 0.620. The van der Waals surface area contributed by atoms with Gasteiger partial charge >= 0.3 is 0 Å². The van der Waals surface area contributed by atoms with Crippen LogP contribution in [0.3, 0.4) is 0 Å². The molecule has 0 saturated carbocycles. The Morgan fingerprint density at radius 3 is 2.60 bits per heavy atom. The molecule has 0 heterocycles. The quantitative estimate of drug-likeness (QED) is 0.351. The first-order valence-electron chi connectivity index (χ1n) is 3.15. The van der Waals surface area contributed by atoms with Gasteiger partial charge in [0.1, 0.15) is 0 Å². The number of hydrazine groups is 1. The zero-order valence-corrected chi connectivity index (χ0v) is 6.35. The third kappa shape index (κ3) is 3.92. The normalized spacial score (nSPS) is 9.80. The van der Waals surface area contributed by atoms with Crippen molar-refractivity contribution < 1.29 is 0 Å². The van der Waals surface area contributed by atoms with E-state index in [9.17, 15) is 0 Å². The Hall–Kier alpha value is -1.02. The highest BCUT2D eigenvalue weighted by Gasteiger charge is 1.90. The van der Waals surface area contributed by atoms with E-state index in [1.807, 2.05) is 19.1 Å². The van der Waals surface area contributed by atoms with Crippen LogP contribution in [0.1, 0.15) is 13.3 Å². The van der Waals surface area contributed by atoms with Crippen LogP contribution in [-0.4, -0.2) is 0 Å². The summed E-state index contributed by atoms with van der Waals surface area (Å²) >= 11 is 0. The second-order valence-electron chi connectivity index (χ2n) is 2.08. The maximum atomic E-state index is 5.10. The van der Waals surface area contributed by atoms with Gasteiger partial charge in [-0.05, 0) is 12.5 Å². The Morgan fingerprint density at radius 1 is 1.60 bits per heavy atom. The lowest BCUT2D eigenvalue weighted by molar-refractivity contribution is 0.849. The van der Waals surface area contributed by atoms with Gasteiger partial charge in [0.2, 0.25) is 0 Å². The average molecular weight is 138 g/mol. The van der Waals surface area contributed by atoms with E-state index in [0.717, 1.165) is 11.3 Å². The van der Waals surface area contributed by atoms with Crippen LogP contribution in [-0.2, 0) is 0 Å². The third-order valence-electron chi connectivity index (χ3n) is 1.05. The molecule has 0 fully saturated rings. The smallest absolute Gasteiger partial charge is 0.0231 e. The molecule has 2 heteroatoms. The van der Waals surface area contributed by atoms with Crippen LogP contribution in [0.5, 0.6) is 0 Å². The zero-order chi connectivity index (χ0) is 7.98. The van der Waals surface area contributed by atoms with Gasteiger partial charge in [0.15, 0.2) is 0 Å². The number of rotatable bonds is 4. The molecule has 0 rings (SSSR count). The molecule has 2 nitrogen and oxygen atoms in total. The Morgan fingerprint density at radius 2 is 2.20 bits per heavy atom. The SMILES string of the molecule is C=C(/C=C\C)CC(=C)NN. The highest BCUT2D eigenvalue weighted by atomic mass is 15.2. The summed E-state index contributed by atoms with van der Waals surface area (Å²) in [6.07, 6.45) is 4.58. The largest absolute Gasteiger partial charge is 0.329 e. The van der Waals surface area contributed by atoms with E-state index in [4.69, 9.17) is 5.84 Å². The third-order valence-corrected chi connectivity index (χ3v) is 1.05. The number of hydrogen-bond donors (Lipinski definition) is 2. The van der Waals surface area contributed by atoms with Crippen molar-refractivity contribution in [3.05, 3.63) is 36.6 Å². The second-order valence-corrected chi connectivity index (χ2v) is 2.08. The lowest BCUT2D eigenvalue weighted by Gasteiger charge is -2.02. The first-order chi connectivity index (χ1) is 4.70. The molecule has 0 amide bonds. The van der Waals surface area contributed by atoms with Crippen molar-refractivity contribution in [3.8, 4) is 0 Å². The van der Waals surface area contributed by atoms with Crippen LogP contribution in [0.25, 0.3) is 0 Å². The number of nitrogens with two attached hydrogens (primary N) is 1. The Bertz CT molecular complexity index is 157. The van der Waals surface area contributed by atoms with Crippen LogP contribution in [0, 0.1) is 0 Å². The molecule has 0 spiro atoms. The molecule has 0 aromatic rings. The van der Waals surface area contributed by atoms with Crippen molar-refractivity contribution in [1.82, 2.24) is 5.43 Å². The maximum absolute atomic E-state index is 5.10. The van der Waals surface area contributed by atoms with E-state index >= 15 is 0 Å². The van der Waals surface area contributed by atoms with E-state index in [1.54, 1.807) is 0 Å². The van der Waals surface area contributed by atoms with Crippen molar-refractivity contribution in [1.29, 1.82) is 0 Å². The first-order valence-corrected chi connectivity index (χ1v) is 3.15. The molecule has 0 radical (unpaired) electrons. The summed E-state index contributed by atoms with van der Waals surface area (Å²) in [4.78, 5) is 0. The minimum Gasteiger partial charge on any atom is -0.329 e. The molecule has 56 valence electrons. The topological polar surface area (TPSA) is 38.0 Å². The summed E-state index contributed by atoms with van der Waals surface area (Å²) in [5.74, 6) is 5.10. The summed E-state index contributed by atoms with van der Waals surface area (Å²) in [5.41, 5.74) is 4.25. The number of allylic oxidation sites excluding steroid dienone is 3. The lowest BCUT2D eigenvalue weighted by atomic mass is 10.2. The summed E-state index contributed by atoms with van der Waals surface area (Å²) in [6, 6.07) is 0. The Kier molecular flexibility index (Phi) is 4.33. The molecule has 0 saturated heterocycles. The minimum absolute atomic E-state index is 0.709. The van der Waals surface area contributed by atoms with Crippen LogP contribution in [0.2, 0.25) is 0 Å². The van der Waals surface area contributed by atoms with Gasteiger partial charge in [-0.3, -0.25) is 5.84 Å². The van der Waals surface area contributed by atoms with Gasteiger partial charge in [-0.1, -0.05) is 25.3 Å². The van der Waals surface area contributed by atoms with Crippen LogP contribution in [0.15, 0.2) is 36.6 Å². The fourth-order valence-electron chi connectivity index (χ4n) is 0.620. The van der Waals surface area contributed by atoms with Crippen LogP contribution in [0.4, 0.5) is 0 Å². The predicted molar refractivity (Wildman–Crippen MR) is 45.0 cm³/mol. The maximum Gasteiger partial charge on any atom is 0.0231 e. The van der Waals surface area contributed by atoms with Gasteiger partial charge in [0, 0.05) is 12.1 Å². The zero-order valence-electron chi connectivity index (χ0n) is 6.35. The van der Waals surface area contributed by atoms with Crippen molar-refractivity contribution in [2.45, 2.75) is 13.3 Å². The van der Waals surface area contributed by atoms with E-state index in [2.05, 4.69) is 18.6 Å². The molecule has 0 aromatic carbocycles. The van der Waals surface area contributed by atoms with Crippen molar-refractivity contribution >= 4 is 0 Å². The van der Waals surface area contributed by atoms with E-state index in [-0.39, 0.29) is 0 Å². The minimum atomic E-state index is 0.709. The molecule has 0 aliphatic carbocycles. The second kappa shape index (κ2) is 4.82. The Labute approximate surface area is 62.1 Å². The predicted octanol–water partition coefficient (Wildman–Crippen LogP) is 1.49. The Balaban J connectivity index is 3.68. The van der Waals surface area contributed by atoms with Gasteiger partial charge in [0.25, 0.3) is 0 Å². The number of nitrogens with one attached hydrogen (secondary N) is 1. The fraction of sp³-hybridized carbons (Fsp3) is 0.250. The van der Waals surface area contributed by atoms with E-state index in [1.165, 1.54) is 0 Å². The van der Waals surface area contributed by atoms with Crippen molar-refractivity contribution in [3.63, 3.8) is 0 Å². The highest BCUT2D eigenvalue weighted by molar-refractivity contribution is 5.19. The molecule has 0 bridgehead atoms. The molecular formula is C8H14N2. The van der Waals surface area contributed by atoms with Gasteiger partial charge in [0.05, 0.1) is 0 Å². The summed E-state index contributed by atoms with van der Waals surface area (Å²) < 4.78 is 0. The molecule has 0 unspecified atom stereocenters. The summed E-state index contributed by atoms with van der Waals surface area (Å²) in [7, 11) is 0. The molecular weight excluding hydrogens is 124 g/mol.